The molecule has 6 amide bonds. The van der Waals surface area contributed by atoms with E-state index >= 15 is 0 Å². The van der Waals surface area contributed by atoms with Gasteiger partial charge in [-0.15, -0.1) is 0 Å². The molecule has 0 radical (unpaired) electrons. The summed E-state index contributed by atoms with van der Waals surface area (Å²) in [6.07, 6.45) is 1.71. The molecule has 3 heterocycles. The first-order valence-electron chi connectivity index (χ1n) is 16.6. The van der Waals surface area contributed by atoms with Gasteiger partial charge in [-0.2, -0.15) is 0 Å². The number of ether oxygens (including phenoxy) is 1. The molecule has 47 heavy (non-hydrogen) atoms. The summed E-state index contributed by atoms with van der Waals surface area (Å²) in [5.74, 6) is -3.93. The van der Waals surface area contributed by atoms with Gasteiger partial charge in [0.2, 0.25) is 35.4 Å². The second-order valence-electron chi connectivity index (χ2n) is 13.2. The molecule has 1 aromatic carbocycles. The summed E-state index contributed by atoms with van der Waals surface area (Å²) in [6.45, 7) is 3.88. The SMILES string of the molecule is C[C@@H]1NC(=O)[C@@H]2C[C@@H](NC(=O)C3CCOCC3)CN2C(=O)[C@H](Cc2ccccc2)NC(=O)[C@H]([C@@H](C)O)NC(=O)[C@@H]2CCC[C@H]2NC1=O. The summed E-state index contributed by atoms with van der Waals surface area (Å²) in [7, 11) is 0. The maximum absolute atomic E-state index is 14.4. The smallest absolute Gasteiger partial charge is 0.246 e. The van der Waals surface area contributed by atoms with Crippen LogP contribution in [0.2, 0.25) is 0 Å². The van der Waals surface area contributed by atoms with E-state index in [4.69, 9.17) is 4.74 Å². The Morgan fingerprint density at radius 3 is 2.36 bits per heavy atom. The third-order valence-electron chi connectivity index (χ3n) is 9.72. The summed E-state index contributed by atoms with van der Waals surface area (Å²) in [4.78, 5) is 82.9. The van der Waals surface area contributed by atoms with Crippen LogP contribution in [0.5, 0.6) is 0 Å². The van der Waals surface area contributed by atoms with Gasteiger partial charge in [-0.05, 0) is 51.5 Å². The molecular formula is C33H46N6O8. The first kappa shape index (κ1) is 34.3. The van der Waals surface area contributed by atoms with Gasteiger partial charge in [0.1, 0.15) is 24.2 Å². The standard InChI is InChI=1S/C33H46N6O8/c1-18-28(41)36-24-10-6-9-23(24)30(43)38-27(19(2)40)32(45)37-25(15-20-7-4-3-5-8-20)33(46)39-17-22(16-26(39)31(44)34-18)35-29(42)21-11-13-47-14-12-21/h3-5,7-8,18-19,21-27,40H,6,9-17H2,1-2H3,(H,34,44)(H,35,42)(H,36,41)(H,37,45)(H,38,43)/t18-,19+,22+,23+,24+,25-,26-,27-/m0/s1. The van der Waals surface area contributed by atoms with E-state index in [1.165, 1.54) is 18.7 Å². The van der Waals surface area contributed by atoms with E-state index in [1.54, 1.807) is 24.3 Å². The molecule has 8 atom stereocenters. The molecule has 0 spiro atoms. The van der Waals surface area contributed by atoms with E-state index in [1.807, 2.05) is 6.07 Å². The lowest BCUT2D eigenvalue weighted by Crippen LogP contribution is -2.61. The van der Waals surface area contributed by atoms with Crippen molar-refractivity contribution in [3.05, 3.63) is 35.9 Å². The van der Waals surface area contributed by atoms with Gasteiger partial charge in [0.25, 0.3) is 0 Å². The zero-order chi connectivity index (χ0) is 33.7. The number of rotatable bonds is 5. The number of fused-ring (bicyclic) bond motifs is 2. The third-order valence-corrected chi connectivity index (χ3v) is 9.72. The van der Waals surface area contributed by atoms with E-state index in [9.17, 15) is 33.9 Å². The number of nitrogens with zero attached hydrogens (tertiary/aromatic N) is 1. The average Bonchev–Trinajstić information content (AvgIpc) is 3.70. The molecule has 1 saturated carbocycles. The lowest BCUT2D eigenvalue weighted by Gasteiger charge is -2.32. The Morgan fingerprint density at radius 2 is 1.66 bits per heavy atom. The fourth-order valence-electron chi connectivity index (χ4n) is 7.02. The monoisotopic (exact) mass is 654 g/mol. The number of hydrogen-bond acceptors (Lipinski definition) is 8. The number of carbonyl (C=O) groups is 6. The molecule has 256 valence electrons. The quantitative estimate of drug-likeness (QED) is 0.230. The first-order chi connectivity index (χ1) is 22.5. The van der Waals surface area contributed by atoms with Crippen LogP contribution in [0.4, 0.5) is 0 Å². The lowest BCUT2D eigenvalue weighted by molar-refractivity contribution is -0.143. The van der Waals surface area contributed by atoms with Crippen LogP contribution in [0.25, 0.3) is 0 Å². The summed E-state index contributed by atoms with van der Waals surface area (Å²) in [5, 5.41) is 24.6. The number of nitrogens with one attached hydrogen (secondary N) is 5. The molecule has 0 unspecified atom stereocenters. The second-order valence-corrected chi connectivity index (χ2v) is 13.2. The minimum absolute atomic E-state index is 0.00788. The highest BCUT2D eigenvalue weighted by molar-refractivity contribution is 5.97. The molecular weight excluding hydrogens is 608 g/mol. The highest BCUT2D eigenvalue weighted by Gasteiger charge is 2.45. The molecule has 1 aliphatic carbocycles. The fourth-order valence-corrected chi connectivity index (χ4v) is 7.02. The maximum Gasteiger partial charge on any atom is 0.246 e. The normalized spacial score (nSPS) is 31.9. The number of carbonyl (C=O) groups excluding carboxylic acids is 6. The van der Waals surface area contributed by atoms with Gasteiger partial charge in [0.15, 0.2) is 0 Å². The van der Waals surface area contributed by atoms with E-state index in [0.29, 0.717) is 45.3 Å². The Balaban J connectivity index is 1.46. The topological polar surface area (TPSA) is 195 Å². The Labute approximate surface area is 274 Å². The van der Waals surface area contributed by atoms with Crippen LogP contribution in [0.15, 0.2) is 30.3 Å². The first-order valence-corrected chi connectivity index (χ1v) is 16.6. The number of hydrogen-bond donors (Lipinski definition) is 6. The Hall–Kier alpha value is -4.04. The van der Waals surface area contributed by atoms with Crippen LogP contribution < -0.4 is 26.6 Å². The van der Waals surface area contributed by atoms with Crippen LogP contribution in [0, 0.1) is 11.8 Å². The Morgan fingerprint density at radius 1 is 0.936 bits per heavy atom. The zero-order valence-corrected chi connectivity index (χ0v) is 26.9. The van der Waals surface area contributed by atoms with Crippen LogP contribution in [0.3, 0.4) is 0 Å². The molecule has 5 rings (SSSR count). The van der Waals surface area contributed by atoms with Gasteiger partial charge in [0.05, 0.1) is 12.0 Å². The molecule has 3 aliphatic heterocycles. The highest BCUT2D eigenvalue weighted by Crippen LogP contribution is 2.27. The van der Waals surface area contributed by atoms with E-state index < -0.39 is 77.8 Å². The van der Waals surface area contributed by atoms with Crippen molar-refractivity contribution in [1.82, 2.24) is 31.5 Å². The number of aliphatic hydroxyl groups is 1. The van der Waals surface area contributed by atoms with Crippen LogP contribution in [0.1, 0.15) is 57.9 Å². The van der Waals surface area contributed by atoms with Crippen molar-refractivity contribution in [3.8, 4) is 0 Å². The predicted molar refractivity (Wildman–Crippen MR) is 168 cm³/mol. The molecule has 14 heteroatoms. The Bertz CT molecular complexity index is 1340. The van der Waals surface area contributed by atoms with Crippen molar-refractivity contribution in [2.24, 2.45) is 11.8 Å². The third kappa shape index (κ3) is 8.28. The molecule has 4 aliphatic rings. The fraction of sp³-hybridized carbons (Fsp3) is 0.636. The van der Waals surface area contributed by atoms with Crippen molar-refractivity contribution in [3.63, 3.8) is 0 Å². The number of aliphatic hydroxyl groups excluding tert-OH is 1. The summed E-state index contributed by atoms with van der Waals surface area (Å²) in [5.41, 5.74) is 0.738. The predicted octanol–water partition coefficient (Wildman–Crippen LogP) is -1.10. The maximum atomic E-state index is 14.4. The molecule has 0 aromatic heterocycles. The van der Waals surface area contributed by atoms with Crippen molar-refractivity contribution in [2.75, 3.05) is 19.8 Å². The minimum atomic E-state index is -1.37. The van der Waals surface area contributed by atoms with Crippen molar-refractivity contribution >= 4 is 35.4 Å². The van der Waals surface area contributed by atoms with Crippen molar-refractivity contribution in [2.45, 2.75) is 101 Å². The largest absolute Gasteiger partial charge is 0.391 e. The second kappa shape index (κ2) is 15.2. The molecule has 1 aromatic rings. The summed E-state index contributed by atoms with van der Waals surface area (Å²) in [6, 6.07) is 3.41. The van der Waals surface area contributed by atoms with Crippen LogP contribution in [-0.2, 0) is 39.9 Å². The van der Waals surface area contributed by atoms with E-state index in [2.05, 4.69) is 26.6 Å². The molecule has 0 bridgehead atoms. The van der Waals surface area contributed by atoms with Crippen LogP contribution >= 0.6 is 0 Å². The van der Waals surface area contributed by atoms with Gasteiger partial charge >= 0.3 is 0 Å². The van der Waals surface area contributed by atoms with Crippen molar-refractivity contribution in [1.29, 1.82) is 0 Å². The average molecular weight is 655 g/mol. The minimum Gasteiger partial charge on any atom is -0.391 e. The van der Waals surface area contributed by atoms with Crippen molar-refractivity contribution < 1.29 is 38.6 Å². The summed E-state index contributed by atoms with van der Waals surface area (Å²) >= 11 is 0. The summed E-state index contributed by atoms with van der Waals surface area (Å²) < 4.78 is 5.38. The molecule has 3 saturated heterocycles. The zero-order valence-electron chi connectivity index (χ0n) is 26.9. The van der Waals surface area contributed by atoms with E-state index in [-0.39, 0.29) is 31.2 Å². The molecule has 14 nitrogen and oxygen atoms in total. The van der Waals surface area contributed by atoms with E-state index in [0.717, 1.165) is 5.56 Å². The van der Waals surface area contributed by atoms with Gasteiger partial charge in [-0.3, -0.25) is 28.8 Å². The van der Waals surface area contributed by atoms with Gasteiger partial charge < -0.3 is 41.3 Å². The molecule has 4 fully saturated rings. The van der Waals surface area contributed by atoms with Gasteiger partial charge in [-0.1, -0.05) is 36.8 Å². The van der Waals surface area contributed by atoms with Gasteiger partial charge in [-0.25, -0.2) is 0 Å². The Kier molecular flexibility index (Phi) is 11.1. The lowest BCUT2D eigenvalue weighted by atomic mass is 9.99. The number of benzene rings is 1. The van der Waals surface area contributed by atoms with Crippen LogP contribution in [-0.4, -0.2) is 108 Å². The molecule has 6 N–H and O–H groups in total. The highest BCUT2D eigenvalue weighted by atomic mass is 16.5. The van der Waals surface area contributed by atoms with Gasteiger partial charge in [0, 0.05) is 44.2 Å². The number of amides is 6.